The van der Waals surface area contributed by atoms with Crippen LogP contribution in [0.3, 0.4) is 0 Å². The van der Waals surface area contributed by atoms with Gasteiger partial charge in [0.1, 0.15) is 17.9 Å². The molecule has 7 heteroatoms. The highest BCUT2D eigenvalue weighted by molar-refractivity contribution is 9.10. The van der Waals surface area contributed by atoms with Crippen molar-refractivity contribution in [3.63, 3.8) is 0 Å². The fraction of sp³-hybridized carbons (Fsp3) is 0.0833. The van der Waals surface area contributed by atoms with Crippen LogP contribution in [0, 0.1) is 0 Å². The highest BCUT2D eigenvalue weighted by Gasteiger charge is 2.17. The minimum Gasteiger partial charge on any atom is -0.507 e. The van der Waals surface area contributed by atoms with Gasteiger partial charge in [-0.15, -0.1) is 0 Å². The number of aromatic nitrogens is 1. The zero-order valence-electron chi connectivity index (χ0n) is 9.55. The summed E-state index contributed by atoms with van der Waals surface area (Å²) in [4.78, 5) is 26.4. The minimum absolute atomic E-state index is 0.0359. The number of phenolic OH excluding ortho intramolecular Hbond substituents is 1. The van der Waals surface area contributed by atoms with Crippen LogP contribution < -0.4 is 5.32 Å². The molecule has 1 heterocycles. The van der Waals surface area contributed by atoms with Crippen LogP contribution in [0.4, 0.5) is 0 Å². The summed E-state index contributed by atoms with van der Waals surface area (Å²) < 4.78 is 0.739. The van der Waals surface area contributed by atoms with Crippen molar-refractivity contribution in [1.82, 2.24) is 10.3 Å². The van der Waals surface area contributed by atoms with Crippen molar-refractivity contribution >= 4 is 38.7 Å². The van der Waals surface area contributed by atoms with E-state index in [1.807, 2.05) is 0 Å². The summed E-state index contributed by atoms with van der Waals surface area (Å²) in [5.74, 6) is -2.09. The van der Waals surface area contributed by atoms with Crippen molar-refractivity contribution in [2.24, 2.45) is 0 Å². The summed E-state index contributed by atoms with van der Waals surface area (Å²) in [6.07, 6.45) is 1.50. The molecule has 2 aromatic rings. The molecule has 0 atom stereocenters. The number of carbonyl (C=O) groups is 2. The van der Waals surface area contributed by atoms with Crippen LogP contribution in [-0.2, 0) is 4.79 Å². The average molecular weight is 325 g/mol. The summed E-state index contributed by atoms with van der Waals surface area (Å²) >= 11 is 3.26. The number of benzene rings is 1. The van der Waals surface area contributed by atoms with Gasteiger partial charge in [-0.2, -0.15) is 0 Å². The molecule has 6 nitrogen and oxygen atoms in total. The Labute approximate surface area is 116 Å². The number of hydrogen-bond donors (Lipinski definition) is 3. The third kappa shape index (κ3) is 2.82. The number of carboxylic acid groups (broad SMARTS) is 1. The second-order valence-electron chi connectivity index (χ2n) is 3.76. The van der Waals surface area contributed by atoms with Crippen molar-refractivity contribution < 1.29 is 19.8 Å². The molecule has 1 amide bonds. The maximum atomic E-state index is 11.9. The normalized spacial score (nSPS) is 10.4. The molecule has 0 bridgehead atoms. The lowest BCUT2D eigenvalue weighted by Crippen LogP contribution is -2.29. The zero-order valence-corrected chi connectivity index (χ0v) is 11.1. The molecular formula is C12H9BrN2O4. The molecule has 0 saturated carbocycles. The van der Waals surface area contributed by atoms with E-state index < -0.39 is 18.4 Å². The minimum atomic E-state index is -1.16. The predicted octanol–water partition coefficient (Wildman–Crippen LogP) is 1.52. The highest BCUT2D eigenvalue weighted by atomic mass is 79.9. The van der Waals surface area contributed by atoms with Gasteiger partial charge in [0.05, 0.1) is 5.52 Å². The second kappa shape index (κ2) is 5.23. The Morgan fingerprint density at radius 2 is 2.11 bits per heavy atom. The molecule has 19 heavy (non-hydrogen) atoms. The largest absolute Gasteiger partial charge is 0.507 e. The summed E-state index contributed by atoms with van der Waals surface area (Å²) in [7, 11) is 0. The maximum absolute atomic E-state index is 11.9. The summed E-state index contributed by atoms with van der Waals surface area (Å²) in [5, 5.41) is 21.1. The van der Waals surface area contributed by atoms with Crippen molar-refractivity contribution in [2.75, 3.05) is 6.54 Å². The van der Waals surface area contributed by atoms with Gasteiger partial charge in [0.15, 0.2) is 0 Å². The van der Waals surface area contributed by atoms with Gasteiger partial charge in [-0.1, -0.05) is 0 Å². The lowest BCUT2D eigenvalue weighted by Gasteiger charge is -2.08. The molecule has 2 rings (SSSR count). The van der Waals surface area contributed by atoms with E-state index in [9.17, 15) is 14.7 Å². The Balaban J connectivity index is 2.49. The van der Waals surface area contributed by atoms with Gasteiger partial charge in [-0.3, -0.25) is 14.6 Å². The first-order valence-corrected chi connectivity index (χ1v) is 6.05. The number of rotatable bonds is 3. The Hall–Kier alpha value is -2.15. The molecule has 3 N–H and O–H groups in total. The number of carbonyl (C=O) groups excluding carboxylic acids is 1. The number of phenols is 1. The first-order chi connectivity index (χ1) is 8.99. The zero-order chi connectivity index (χ0) is 14.0. The van der Waals surface area contributed by atoms with Gasteiger partial charge >= 0.3 is 5.97 Å². The molecule has 98 valence electrons. The van der Waals surface area contributed by atoms with Crippen LogP contribution in [-0.4, -0.2) is 33.6 Å². The Morgan fingerprint density at radius 3 is 2.79 bits per heavy atom. The molecule has 0 radical (unpaired) electrons. The van der Waals surface area contributed by atoms with E-state index in [1.54, 1.807) is 12.1 Å². The summed E-state index contributed by atoms with van der Waals surface area (Å²) in [6.45, 7) is -0.523. The molecule has 0 aliphatic heterocycles. The first-order valence-electron chi connectivity index (χ1n) is 5.26. The SMILES string of the molecule is O=C(O)CNC(=O)c1c(O)ccc2cc(Br)cnc12. The Morgan fingerprint density at radius 1 is 1.37 bits per heavy atom. The number of halogens is 1. The number of carboxylic acids is 1. The average Bonchev–Trinajstić information content (AvgIpc) is 2.36. The highest BCUT2D eigenvalue weighted by Crippen LogP contribution is 2.27. The van der Waals surface area contributed by atoms with Gasteiger partial charge in [0.2, 0.25) is 0 Å². The van der Waals surface area contributed by atoms with Gasteiger partial charge in [0.25, 0.3) is 5.91 Å². The molecule has 0 aliphatic rings. The maximum Gasteiger partial charge on any atom is 0.322 e. The van der Waals surface area contributed by atoms with Crippen LogP contribution in [0.5, 0.6) is 5.75 Å². The lowest BCUT2D eigenvalue weighted by atomic mass is 10.1. The summed E-state index contributed by atoms with van der Waals surface area (Å²) in [5.41, 5.74) is 0.275. The number of fused-ring (bicyclic) bond motifs is 1. The van der Waals surface area contributed by atoms with Crippen molar-refractivity contribution in [3.8, 4) is 5.75 Å². The van der Waals surface area contributed by atoms with E-state index in [1.165, 1.54) is 12.3 Å². The standard InChI is InChI=1S/C12H9BrN2O4/c13-7-3-6-1-2-8(16)10(11(6)14-4-7)12(19)15-5-9(17)18/h1-4,16H,5H2,(H,15,19)(H,17,18). The lowest BCUT2D eigenvalue weighted by molar-refractivity contribution is -0.135. The van der Waals surface area contributed by atoms with Gasteiger partial charge in [0, 0.05) is 16.1 Å². The Bertz CT molecular complexity index is 672. The van der Waals surface area contributed by atoms with E-state index in [-0.39, 0.29) is 11.3 Å². The fourth-order valence-corrected chi connectivity index (χ4v) is 1.98. The van der Waals surface area contributed by atoms with E-state index in [4.69, 9.17) is 5.11 Å². The topological polar surface area (TPSA) is 99.5 Å². The number of nitrogens with one attached hydrogen (secondary N) is 1. The van der Waals surface area contributed by atoms with Crippen LogP contribution in [0.25, 0.3) is 10.9 Å². The van der Waals surface area contributed by atoms with E-state index in [2.05, 4.69) is 26.2 Å². The van der Waals surface area contributed by atoms with Gasteiger partial charge in [-0.05, 0) is 34.1 Å². The number of aliphatic carboxylic acids is 1. The number of nitrogens with zero attached hydrogens (tertiary/aromatic N) is 1. The molecular weight excluding hydrogens is 316 g/mol. The number of aromatic hydroxyl groups is 1. The van der Waals surface area contributed by atoms with Crippen molar-refractivity contribution in [3.05, 3.63) is 34.4 Å². The molecule has 0 aliphatic carbocycles. The van der Waals surface area contributed by atoms with Crippen LogP contribution >= 0.6 is 15.9 Å². The van der Waals surface area contributed by atoms with E-state index >= 15 is 0 Å². The third-order valence-corrected chi connectivity index (χ3v) is 2.86. The van der Waals surface area contributed by atoms with Gasteiger partial charge < -0.3 is 15.5 Å². The molecule has 0 fully saturated rings. The molecule has 0 saturated heterocycles. The second-order valence-corrected chi connectivity index (χ2v) is 4.68. The molecule has 0 spiro atoms. The monoisotopic (exact) mass is 324 g/mol. The van der Waals surface area contributed by atoms with E-state index in [0.717, 1.165) is 4.47 Å². The van der Waals surface area contributed by atoms with Crippen molar-refractivity contribution in [2.45, 2.75) is 0 Å². The smallest absolute Gasteiger partial charge is 0.322 e. The number of amides is 1. The summed E-state index contributed by atoms with van der Waals surface area (Å²) in [6, 6.07) is 4.73. The van der Waals surface area contributed by atoms with Crippen LogP contribution in [0.2, 0.25) is 0 Å². The predicted molar refractivity (Wildman–Crippen MR) is 71.1 cm³/mol. The molecule has 1 aromatic carbocycles. The third-order valence-electron chi connectivity index (χ3n) is 2.42. The van der Waals surface area contributed by atoms with Crippen molar-refractivity contribution in [1.29, 1.82) is 0 Å². The quantitative estimate of drug-likeness (QED) is 0.794. The van der Waals surface area contributed by atoms with Crippen LogP contribution in [0.15, 0.2) is 28.9 Å². The number of hydrogen-bond acceptors (Lipinski definition) is 4. The molecule has 1 aromatic heterocycles. The first kappa shape index (κ1) is 13.3. The van der Waals surface area contributed by atoms with E-state index in [0.29, 0.717) is 10.9 Å². The Kier molecular flexibility index (Phi) is 3.66. The van der Waals surface area contributed by atoms with Crippen LogP contribution in [0.1, 0.15) is 10.4 Å². The fourth-order valence-electron chi connectivity index (χ4n) is 1.63. The van der Waals surface area contributed by atoms with Gasteiger partial charge in [-0.25, -0.2) is 0 Å². The molecule has 0 unspecified atom stereocenters. The number of pyridine rings is 1.